The second-order valence-corrected chi connectivity index (χ2v) is 4.67. The van der Waals surface area contributed by atoms with Crippen molar-refractivity contribution in [1.29, 1.82) is 5.26 Å². The van der Waals surface area contributed by atoms with Crippen LogP contribution in [0.15, 0.2) is 5.95 Å². The van der Waals surface area contributed by atoms with Crippen LogP contribution in [0.25, 0.3) is 5.57 Å². The van der Waals surface area contributed by atoms with Crippen molar-refractivity contribution >= 4 is 5.57 Å². The molecule has 0 aliphatic heterocycles. The molecule has 13 heteroatoms. The van der Waals surface area contributed by atoms with Gasteiger partial charge in [0.25, 0.3) is 0 Å². The Morgan fingerprint density at radius 3 is 1.93 bits per heavy atom. The van der Waals surface area contributed by atoms with E-state index in [0.29, 0.717) is 0 Å². The minimum atomic E-state index is -5.84. The van der Waals surface area contributed by atoms with Crippen LogP contribution in [0.4, 0.5) is 39.5 Å². The quantitative estimate of drug-likeness (QED) is 0.233. The fraction of sp³-hybridized carbons (Fsp3) is 0.357. The smallest absolute Gasteiger partial charge is 0.613 e. The van der Waals surface area contributed by atoms with Gasteiger partial charge in [-0.3, -0.25) is 0 Å². The number of hydrogen-bond acceptors (Lipinski definition) is 3. The van der Waals surface area contributed by atoms with Crippen molar-refractivity contribution in [3.63, 3.8) is 0 Å². The zero-order valence-corrected chi connectivity index (χ0v) is 16.7. The van der Waals surface area contributed by atoms with Crippen molar-refractivity contribution in [3.8, 4) is 6.07 Å². The van der Waals surface area contributed by atoms with Crippen LogP contribution in [-0.4, -0.2) is 12.8 Å². The molecule has 0 saturated heterocycles. The number of ether oxygens (including phenoxy) is 1. The summed E-state index contributed by atoms with van der Waals surface area (Å²) in [6, 6.07) is 0.825. The molecule has 1 aromatic rings. The van der Waals surface area contributed by atoms with E-state index in [4.69, 9.17) is 5.26 Å². The fourth-order valence-corrected chi connectivity index (χ4v) is 1.97. The SMILES string of the molecule is CCO/C([O-])=C(/C#N)c1c(F)c(F)c(CC(F)(F)F)c(F)c1C(F)(F)F.[K+]. The van der Waals surface area contributed by atoms with Gasteiger partial charge in [-0.2, -0.15) is 31.6 Å². The predicted molar refractivity (Wildman–Crippen MR) is 65.2 cm³/mol. The first-order valence-corrected chi connectivity index (χ1v) is 6.54. The molecule has 0 fully saturated rings. The van der Waals surface area contributed by atoms with E-state index in [9.17, 15) is 44.6 Å². The zero-order chi connectivity index (χ0) is 20.4. The maximum Gasteiger partial charge on any atom is 1.00 e. The van der Waals surface area contributed by atoms with E-state index in [0.717, 1.165) is 6.07 Å². The van der Waals surface area contributed by atoms with Gasteiger partial charge in [0.2, 0.25) is 0 Å². The van der Waals surface area contributed by atoms with Crippen LogP contribution in [0, 0.1) is 28.8 Å². The van der Waals surface area contributed by atoms with E-state index in [2.05, 4.69) is 4.74 Å². The van der Waals surface area contributed by atoms with Gasteiger partial charge in [0.15, 0.2) is 11.6 Å². The number of nitrogens with zero attached hydrogens (tertiary/aromatic N) is 1. The number of halogens is 9. The molecule has 0 aromatic heterocycles. The molecular weight excluding hydrogens is 424 g/mol. The largest absolute Gasteiger partial charge is 1.00 e. The Hall–Kier alpha value is -0.944. The summed E-state index contributed by atoms with van der Waals surface area (Å²) in [7, 11) is 0. The monoisotopic (exact) mass is 431 g/mol. The molecule has 0 aliphatic rings. The first-order valence-electron chi connectivity index (χ1n) is 6.54. The maximum atomic E-state index is 14.1. The van der Waals surface area contributed by atoms with E-state index in [-0.39, 0.29) is 51.4 Å². The van der Waals surface area contributed by atoms with Gasteiger partial charge in [-0.15, -0.1) is 0 Å². The molecule has 0 unspecified atom stereocenters. The second-order valence-electron chi connectivity index (χ2n) is 4.67. The Labute approximate surface area is 188 Å². The molecule has 0 spiro atoms. The minimum absolute atomic E-state index is 0. The normalized spacial score (nSPS) is 12.8. The van der Waals surface area contributed by atoms with Crippen molar-refractivity contribution in [2.75, 3.05) is 6.61 Å². The van der Waals surface area contributed by atoms with E-state index in [1.165, 1.54) is 6.92 Å². The molecule has 3 nitrogen and oxygen atoms in total. The molecule has 0 bridgehead atoms. The summed E-state index contributed by atoms with van der Waals surface area (Å²) >= 11 is 0. The van der Waals surface area contributed by atoms with E-state index in [1.807, 2.05) is 0 Å². The number of hydrogen-bond donors (Lipinski definition) is 0. The molecule has 0 radical (unpaired) electrons. The third kappa shape index (κ3) is 6.02. The average Bonchev–Trinajstić information content (AvgIpc) is 2.47. The van der Waals surface area contributed by atoms with Crippen LogP contribution < -0.4 is 56.5 Å². The van der Waals surface area contributed by atoms with Crippen molar-refractivity contribution in [2.45, 2.75) is 25.7 Å². The first kappa shape index (κ1) is 26.1. The first-order chi connectivity index (χ1) is 11.8. The Morgan fingerprint density at radius 2 is 1.56 bits per heavy atom. The summed E-state index contributed by atoms with van der Waals surface area (Å²) in [6.45, 7) is 0.686. The van der Waals surface area contributed by atoms with E-state index >= 15 is 0 Å². The molecule has 1 aromatic carbocycles. The number of rotatable bonds is 4. The van der Waals surface area contributed by atoms with E-state index < -0.39 is 71.0 Å². The number of nitriles is 1. The molecule has 0 saturated carbocycles. The summed E-state index contributed by atoms with van der Waals surface area (Å²) in [5.41, 5.74) is -8.83. The van der Waals surface area contributed by atoms with Gasteiger partial charge in [-0.05, 0) is 6.61 Å². The Balaban J connectivity index is 0.00000676. The molecule has 0 heterocycles. The predicted octanol–water partition coefficient (Wildman–Crippen LogP) is 0.820. The van der Waals surface area contributed by atoms with Gasteiger partial charge in [0.1, 0.15) is 17.4 Å². The number of allylic oxidation sites excluding steroid dienone is 1. The topological polar surface area (TPSA) is 56.1 Å². The Kier molecular flexibility index (Phi) is 9.17. The summed E-state index contributed by atoms with van der Waals surface area (Å²) in [5.74, 6) is -9.83. The number of benzene rings is 1. The van der Waals surface area contributed by atoms with Crippen molar-refractivity contribution < 1.29 is 101 Å². The van der Waals surface area contributed by atoms with Gasteiger partial charge in [0, 0.05) is 11.1 Å². The summed E-state index contributed by atoms with van der Waals surface area (Å²) in [6.07, 6.45) is -13.7. The van der Waals surface area contributed by atoms with Crippen LogP contribution in [0.1, 0.15) is 23.6 Å². The Morgan fingerprint density at radius 1 is 1.04 bits per heavy atom. The van der Waals surface area contributed by atoms with Gasteiger partial charge < -0.3 is 9.84 Å². The summed E-state index contributed by atoms with van der Waals surface area (Å²) in [5, 5.41) is 20.3. The molecule has 1 rings (SSSR count). The maximum absolute atomic E-state index is 14.1. The van der Waals surface area contributed by atoms with Gasteiger partial charge in [0.05, 0.1) is 17.9 Å². The summed E-state index contributed by atoms with van der Waals surface area (Å²) < 4.78 is 122. The van der Waals surface area contributed by atoms with Gasteiger partial charge in [-0.25, -0.2) is 13.2 Å². The number of alkyl halides is 6. The zero-order valence-electron chi connectivity index (χ0n) is 13.6. The third-order valence-corrected chi connectivity index (χ3v) is 2.91. The summed E-state index contributed by atoms with van der Waals surface area (Å²) in [4.78, 5) is 0. The van der Waals surface area contributed by atoms with Crippen molar-refractivity contribution in [1.82, 2.24) is 0 Å². The van der Waals surface area contributed by atoms with Gasteiger partial charge in [-0.1, -0.05) is 6.92 Å². The molecule has 0 atom stereocenters. The average molecular weight is 431 g/mol. The minimum Gasteiger partial charge on any atom is -0.613 e. The van der Waals surface area contributed by atoms with Crippen LogP contribution in [-0.2, 0) is 17.3 Å². The molecule has 0 aliphatic carbocycles. The fourth-order valence-electron chi connectivity index (χ4n) is 1.97. The van der Waals surface area contributed by atoms with Crippen LogP contribution >= 0.6 is 0 Å². The Bertz CT molecular complexity index is 779. The van der Waals surface area contributed by atoms with Gasteiger partial charge >= 0.3 is 63.7 Å². The van der Waals surface area contributed by atoms with Crippen LogP contribution in [0.5, 0.6) is 0 Å². The van der Waals surface area contributed by atoms with E-state index in [1.54, 1.807) is 0 Å². The van der Waals surface area contributed by atoms with Crippen molar-refractivity contribution in [3.05, 3.63) is 40.1 Å². The molecule has 144 valence electrons. The molecule has 27 heavy (non-hydrogen) atoms. The van der Waals surface area contributed by atoms with Crippen LogP contribution in [0.2, 0.25) is 0 Å². The van der Waals surface area contributed by atoms with Crippen LogP contribution in [0.3, 0.4) is 0 Å². The molecular formula is C14H7F9KNO2. The molecule has 0 N–H and O–H groups in total. The van der Waals surface area contributed by atoms with Crippen molar-refractivity contribution in [2.24, 2.45) is 0 Å². The molecule has 0 amide bonds. The third-order valence-electron chi connectivity index (χ3n) is 2.91. The second kappa shape index (κ2) is 9.51. The standard InChI is InChI=1S/C14H8F9NO2.K/c1-2-26-12(25)6(4-24)7-8(14(21,22)23)9(15)5(3-13(18,19)20)10(16)11(7)17;/h25H,2-3H2,1H3;/q;+1/p-1/b12-6-;.